The third-order valence-corrected chi connectivity index (χ3v) is 4.96. The van der Waals surface area contributed by atoms with Crippen molar-refractivity contribution in [3.8, 4) is 11.1 Å². The van der Waals surface area contributed by atoms with Gasteiger partial charge in [-0.1, -0.05) is 0 Å². The number of nitrogens with zero attached hydrogens (tertiary/aromatic N) is 1. The first kappa shape index (κ1) is 16.1. The van der Waals surface area contributed by atoms with E-state index in [1.165, 1.54) is 23.5 Å². The summed E-state index contributed by atoms with van der Waals surface area (Å²) in [6.45, 7) is 0.886. The lowest BCUT2D eigenvalue weighted by atomic mass is 10.1. The van der Waals surface area contributed by atoms with Crippen LogP contribution in [0, 0.1) is 5.92 Å². The second-order valence-electron chi connectivity index (χ2n) is 5.99. The van der Waals surface area contributed by atoms with E-state index in [2.05, 4.69) is 5.32 Å². The van der Waals surface area contributed by atoms with E-state index in [0.29, 0.717) is 5.92 Å². The van der Waals surface area contributed by atoms with E-state index in [1.807, 2.05) is 0 Å². The summed E-state index contributed by atoms with van der Waals surface area (Å²) in [5.74, 6) is 0.706. The van der Waals surface area contributed by atoms with Crippen molar-refractivity contribution in [3.63, 3.8) is 0 Å². The number of anilines is 1. The molecular weight excluding hydrogens is 314 g/mol. The van der Waals surface area contributed by atoms with Gasteiger partial charge in [-0.3, -0.25) is 13.9 Å². The standard InChI is InChI=1S/C16H21N3O3S/c1-19-10-12(4-7-16(19)20)14-8-13(23(17,21)22)5-6-15(14)18-9-11-2-3-11/h4-8,10-11,18,21-22H,2-3,9,17H2,1H3. The Bertz CT molecular complexity index is 779. The molecule has 3 rings (SSSR count). The minimum absolute atomic E-state index is 0.0968. The zero-order chi connectivity index (χ0) is 16.6. The molecular formula is C16H21N3O3S. The van der Waals surface area contributed by atoms with Gasteiger partial charge in [0.25, 0.3) is 0 Å². The normalized spacial score (nSPS) is 15.5. The molecule has 1 aromatic heterocycles. The molecule has 23 heavy (non-hydrogen) atoms. The number of nitrogens with one attached hydrogen (secondary N) is 1. The van der Waals surface area contributed by atoms with Crippen molar-refractivity contribution in [2.24, 2.45) is 18.1 Å². The monoisotopic (exact) mass is 335 g/mol. The van der Waals surface area contributed by atoms with Crippen LogP contribution in [-0.2, 0) is 7.05 Å². The smallest absolute Gasteiger partial charge is 0.250 e. The van der Waals surface area contributed by atoms with Gasteiger partial charge in [-0.2, -0.15) is 0 Å². The van der Waals surface area contributed by atoms with E-state index in [4.69, 9.17) is 5.14 Å². The van der Waals surface area contributed by atoms with Crippen molar-refractivity contribution in [1.29, 1.82) is 0 Å². The fourth-order valence-corrected chi connectivity index (χ4v) is 2.99. The largest absolute Gasteiger partial charge is 0.384 e. The van der Waals surface area contributed by atoms with E-state index in [-0.39, 0.29) is 10.5 Å². The van der Waals surface area contributed by atoms with Crippen molar-refractivity contribution in [2.45, 2.75) is 17.7 Å². The van der Waals surface area contributed by atoms with E-state index in [1.54, 1.807) is 37.5 Å². The topological polar surface area (TPSA) is 101 Å². The molecule has 1 saturated carbocycles. The molecule has 1 fully saturated rings. The number of hydrogen-bond donors (Lipinski definition) is 4. The second kappa shape index (κ2) is 6.01. The molecule has 2 aromatic rings. The van der Waals surface area contributed by atoms with Gasteiger partial charge in [0.05, 0.1) is 4.90 Å². The van der Waals surface area contributed by atoms with Crippen LogP contribution in [0.15, 0.2) is 46.2 Å². The van der Waals surface area contributed by atoms with Crippen molar-refractivity contribution in [1.82, 2.24) is 4.57 Å². The quantitative estimate of drug-likeness (QED) is 0.673. The van der Waals surface area contributed by atoms with Crippen molar-refractivity contribution in [2.75, 3.05) is 11.9 Å². The molecule has 5 N–H and O–H groups in total. The number of pyridine rings is 1. The number of hydrogen-bond acceptors (Lipinski definition) is 5. The lowest BCUT2D eigenvalue weighted by Crippen LogP contribution is -2.14. The lowest BCUT2D eigenvalue weighted by molar-refractivity contribution is 0.489. The Balaban J connectivity index is 2.04. The van der Waals surface area contributed by atoms with E-state index in [0.717, 1.165) is 23.4 Å². The molecule has 1 aliphatic carbocycles. The number of aromatic nitrogens is 1. The Morgan fingerprint density at radius 2 is 2.04 bits per heavy atom. The van der Waals surface area contributed by atoms with E-state index >= 15 is 0 Å². The van der Waals surface area contributed by atoms with Gasteiger partial charge in [0.1, 0.15) is 0 Å². The molecule has 1 aliphatic rings. The highest BCUT2D eigenvalue weighted by Gasteiger charge is 2.21. The van der Waals surface area contributed by atoms with Gasteiger partial charge in [-0.25, -0.2) is 5.14 Å². The zero-order valence-corrected chi connectivity index (χ0v) is 13.7. The summed E-state index contributed by atoms with van der Waals surface area (Å²) < 4.78 is 20.9. The third kappa shape index (κ3) is 3.76. The van der Waals surface area contributed by atoms with Gasteiger partial charge < -0.3 is 9.88 Å². The Hall–Kier alpha value is -1.80. The summed E-state index contributed by atoms with van der Waals surface area (Å²) in [5, 5.41) is 8.86. The van der Waals surface area contributed by atoms with Crippen molar-refractivity contribution in [3.05, 3.63) is 46.9 Å². The average Bonchev–Trinajstić information content (AvgIpc) is 3.31. The summed E-state index contributed by atoms with van der Waals surface area (Å²) in [7, 11) is -1.60. The maximum Gasteiger partial charge on any atom is 0.250 e. The first-order valence-corrected chi connectivity index (χ1v) is 9.06. The predicted molar refractivity (Wildman–Crippen MR) is 93.6 cm³/mol. The summed E-state index contributed by atoms with van der Waals surface area (Å²) in [6, 6.07) is 8.32. The van der Waals surface area contributed by atoms with Crippen LogP contribution < -0.4 is 16.0 Å². The van der Waals surface area contributed by atoms with Crippen LogP contribution in [0.3, 0.4) is 0 Å². The van der Waals surface area contributed by atoms with Crippen molar-refractivity contribution < 1.29 is 9.11 Å². The number of rotatable bonds is 5. The molecule has 0 saturated heterocycles. The zero-order valence-electron chi connectivity index (χ0n) is 12.9. The molecule has 1 aromatic carbocycles. The summed E-state index contributed by atoms with van der Waals surface area (Å²) >= 11 is 0. The van der Waals surface area contributed by atoms with Crippen LogP contribution in [0.1, 0.15) is 12.8 Å². The van der Waals surface area contributed by atoms with Gasteiger partial charge in [-0.05, 0) is 43.0 Å². The van der Waals surface area contributed by atoms with E-state index in [9.17, 15) is 13.9 Å². The number of nitrogens with two attached hydrogens (primary N) is 1. The van der Waals surface area contributed by atoms with Gasteiger partial charge in [0.15, 0.2) is 0 Å². The first-order chi connectivity index (χ1) is 10.8. The molecule has 7 heteroatoms. The fourth-order valence-electron chi connectivity index (χ4n) is 2.43. The molecule has 0 aliphatic heterocycles. The van der Waals surface area contributed by atoms with Crippen LogP contribution in [0.5, 0.6) is 0 Å². The Labute approximate surface area is 136 Å². The van der Waals surface area contributed by atoms with Gasteiger partial charge in [-0.15, -0.1) is 10.8 Å². The van der Waals surface area contributed by atoms with Crippen LogP contribution in [0.2, 0.25) is 0 Å². The summed E-state index contributed by atoms with van der Waals surface area (Å²) in [5.41, 5.74) is 2.41. The number of aryl methyl sites for hydroxylation is 1. The third-order valence-electron chi connectivity index (χ3n) is 4.01. The Kier molecular flexibility index (Phi) is 4.20. The summed E-state index contributed by atoms with van der Waals surface area (Å²) in [6.07, 6.45) is 4.21. The minimum Gasteiger partial charge on any atom is -0.384 e. The number of benzene rings is 1. The highest BCUT2D eigenvalue weighted by molar-refractivity contribution is 8.22. The highest BCUT2D eigenvalue weighted by atomic mass is 32.3. The average molecular weight is 335 g/mol. The molecule has 0 bridgehead atoms. The SMILES string of the molecule is Cn1cc(-c2cc(S(N)(O)O)ccc2NCC2CC2)ccc1=O. The van der Waals surface area contributed by atoms with Crippen LogP contribution in [0.25, 0.3) is 11.1 Å². The highest BCUT2D eigenvalue weighted by Crippen LogP contribution is 2.43. The molecule has 1 heterocycles. The molecule has 0 amide bonds. The van der Waals surface area contributed by atoms with Gasteiger partial charge in [0.2, 0.25) is 5.56 Å². The molecule has 0 atom stereocenters. The maximum atomic E-state index is 11.6. The fraction of sp³-hybridized carbons (Fsp3) is 0.312. The minimum atomic E-state index is -3.28. The lowest BCUT2D eigenvalue weighted by Gasteiger charge is -2.27. The predicted octanol–water partition coefficient (Wildman–Crippen LogP) is 2.86. The van der Waals surface area contributed by atoms with Gasteiger partial charge >= 0.3 is 0 Å². The molecule has 0 radical (unpaired) electrons. The van der Waals surface area contributed by atoms with Gasteiger partial charge in [0, 0.05) is 42.7 Å². The van der Waals surface area contributed by atoms with Crippen LogP contribution in [-0.4, -0.2) is 20.2 Å². The summed E-state index contributed by atoms with van der Waals surface area (Å²) in [4.78, 5) is 11.9. The molecule has 0 unspecified atom stereocenters. The molecule has 0 spiro atoms. The van der Waals surface area contributed by atoms with E-state index < -0.39 is 10.8 Å². The van der Waals surface area contributed by atoms with Crippen molar-refractivity contribution >= 4 is 16.5 Å². The Morgan fingerprint density at radius 3 is 2.65 bits per heavy atom. The van der Waals surface area contributed by atoms with Crippen LogP contribution >= 0.6 is 10.8 Å². The maximum absolute atomic E-state index is 11.6. The first-order valence-electron chi connectivity index (χ1n) is 7.45. The molecule has 6 nitrogen and oxygen atoms in total. The molecule has 124 valence electrons. The Morgan fingerprint density at radius 1 is 1.30 bits per heavy atom. The second-order valence-corrected chi connectivity index (χ2v) is 7.65. The van der Waals surface area contributed by atoms with Crippen LogP contribution in [0.4, 0.5) is 5.69 Å².